The van der Waals surface area contributed by atoms with Crippen molar-refractivity contribution in [3.63, 3.8) is 0 Å². The molecule has 3 fully saturated rings. The van der Waals surface area contributed by atoms with Crippen LogP contribution in [0.1, 0.15) is 64.2 Å². The highest BCUT2D eigenvalue weighted by Crippen LogP contribution is 2.30. The quantitative estimate of drug-likeness (QED) is 0.821. The summed E-state index contributed by atoms with van der Waals surface area (Å²) in [6.45, 7) is 3.78. The number of piperidine rings is 2. The van der Waals surface area contributed by atoms with Gasteiger partial charge in [-0.1, -0.05) is 25.7 Å². The van der Waals surface area contributed by atoms with Crippen LogP contribution in [0.2, 0.25) is 0 Å². The lowest BCUT2D eigenvalue weighted by molar-refractivity contribution is 0.0722. The highest BCUT2D eigenvalue weighted by molar-refractivity contribution is 4.90. The summed E-state index contributed by atoms with van der Waals surface area (Å²) >= 11 is 0. The summed E-state index contributed by atoms with van der Waals surface area (Å²) in [6, 6.07) is 1.53. The molecule has 2 N–H and O–H groups in total. The van der Waals surface area contributed by atoms with Crippen LogP contribution in [0.5, 0.6) is 0 Å². The summed E-state index contributed by atoms with van der Waals surface area (Å²) in [5.74, 6) is 0.871. The topological polar surface area (TPSA) is 27.3 Å². The summed E-state index contributed by atoms with van der Waals surface area (Å²) < 4.78 is 0. The molecule has 3 rings (SSSR count). The van der Waals surface area contributed by atoms with E-state index in [1.165, 1.54) is 83.8 Å². The number of hydrazine groups is 1. The monoisotopic (exact) mass is 265 g/mol. The van der Waals surface area contributed by atoms with E-state index in [2.05, 4.69) is 15.8 Å². The zero-order chi connectivity index (χ0) is 12.9. The van der Waals surface area contributed by atoms with Crippen molar-refractivity contribution < 1.29 is 0 Å². The largest absolute Gasteiger partial charge is 0.314 e. The van der Waals surface area contributed by atoms with Gasteiger partial charge in [0.25, 0.3) is 0 Å². The number of nitrogens with one attached hydrogen (secondary N) is 2. The van der Waals surface area contributed by atoms with Gasteiger partial charge in [0, 0.05) is 25.2 Å². The number of hydrogen-bond donors (Lipinski definition) is 2. The Hall–Kier alpha value is -0.120. The van der Waals surface area contributed by atoms with Crippen LogP contribution in [0.25, 0.3) is 0 Å². The Bertz CT molecular complexity index is 257. The molecule has 3 nitrogen and oxygen atoms in total. The van der Waals surface area contributed by atoms with Gasteiger partial charge >= 0.3 is 0 Å². The lowest BCUT2D eigenvalue weighted by Crippen LogP contribution is -2.55. The summed E-state index contributed by atoms with van der Waals surface area (Å²) in [5, 5.41) is 6.32. The molecular weight excluding hydrogens is 234 g/mol. The summed E-state index contributed by atoms with van der Waals surface area (Å²) in [5.41, 5.74) is 3.90. The number of nitrogens with zero attached hydrogens (tertiary/aromatic N) is 1. The summed E-state index contributed by atoms with van der Waals surface area (Å²) in [7, 11) is 0. The van der Waals surface area contributed by atoms with Gasteiger partial charge in [-0.15, -0.1) is 0 Å². The van der Waals surface area contributed by atoms with Crippen LogP contribution in [0.3, 0.4) is 0 Å². The molecule has 0 aromatic rings. The van der Waals surface area contributed by atoms with Crippen molar-refractivity contribution in [2.75, 3.05) is 19.6 Å². The van der Waals surface area contributed by atoms with Gasteiger partial charge in [0.1, 0.15) is 0 Å². The van der Waals surface area contributed by atoms with Crippen LogP contribution < -0.4 is 10.7 Å². The maximum Gasteiger partial charge on any atom is 0.0258 e. The first-order valence-electron chi connectivity index (χ1n) is 8.68. The zero-order valence-electron chi connectivity index (χ0n) is 12.4. The second kappa shape index (κ2) is 7.05. The van der Waals surface area contributed by atoms with E-state index >= 15 is 0 Å². The van der Waals surface area contributed by atoms with Crippen LogP contribution in [0.4, 0.5) is 0 Å². The van der Waals surface area contributed by atoms with Gasteiger partial charge in [-0.2, -0.15) is 0 Å². The first-order valence-corrected chi connectivity index (χ1v) is 8.68. The molecule has 3 aliphatic rings. The maximum absolute atomic E-state index is 3.90. The Morgan fingerprint density at radius 1 is 0.789 bits per heavy atom. The van der Waals surface area contributed by atoms with E-state index in [1.807, 2.05) is 0 Å². The Labute approximate surface area is 118 Å². The van der Waals surface area contributed by atoms with Gasteiger partial charge in [-0.05, 0) is 51.0 Å². The van der Waals surface area contributed by atoms with Crippen molar-refractivity contribution in [3.8, 4) is 0 Å². The molecule has 0 aromatic heterocycles. The standard InChI is InChI=1S/C16H31N3/c1-6-12-19(13-7-1)18-16-10-3-2-8-14(16)15-9-4-5-11-17-15/h14-18H,1-13H2. The Morgan fingerprint density at radius 3 is 2.37 bits per heavy atom. The van der Waals surface area contributed by atoms with E-state index in [-0.39, 0.29) is 0 Å². The molecule has 2 heterocycles. The third-order valence-electron chi connectivity index (χ3n) is 5.39. The molecule has 0 bridgehead atoms. The molecule has 2 saturated heterocycles. The SMILES string of the molecule is C1CCN(NC2CCCCC2C2CCCCN2)CC1. The van der Waals surface area contributed by atoms with Gasteiger partial charge in [0.2, 0.25) is 0 Å². The third kappa shape index (κ3) is 3.71. The normalized spacial score (nSPS) is 38.2. The Morgan fingerprint density at radius 2 is 1.58 bits per heavy atom. The van der Waals surface area contributed by atoms with E-state index in [1.54, 1.807) is 0 Å². The van der Waals surface area contributed by atoms with E-state index in [4.69, 9.17) is 0 Å². The molecule has 0 radical (unpaired) electrons. The fraction of sp³-hybridized carbons (Fsp3) is 1.00. The molecule has 3 atom stereocenters. The van der Waals surface area contributed by atoms with Crippen molar-refractivity contribution >= 4 is 0 Å². The minimum Gasteiger partial charge on any atom is -0.314 e. The van der Waals surface area contributed by atoms with Crippen molar-refractivity contribution in [1.29, 1.82) is 0 Å². The number of rotatable bonds is 3. The first kappa shape index (κ1) is 13.8. The van der Waals surface area contributed by atoms with E-state index in [9.17, 15) is 0 Å². The molecule has 0 amide bonds. The van der Waals surface area contributed by atoms with Crippen molar-refractivity contribution in [2.24, 2.45) is 5.92 Å². The van der Waals surface area contributed by atoms with E-state index in [0.717, 1.165) is 18.0 Å². The van der Waals surface area contributed by atoms with Crippen molar-refractivity contribution in [2.45, 2.75) is 76.3 Å². The minimum absolute atomic E-state index is 0.738. The second-order valence-electron chi connectivity index (χ2n) is 6.79. The molecule has 110 valence electrons. The summed E-state index contributed by atoms with van der Waals surface area (Å²) in [4.78, 5) is 0. The van der Waals surface area contributed by atoms with Gasteiger partial charge in [-0.3, -0.25) is 5.43 Å². The second-order valence-corrected chi connectivity index (χ2v) is 6.79. The molecule has 0 aromatic carbocycles. The third-order valence-corrected chi connectivity index (χ3v) is 5.39. The van der Waals surface area contributed by atoms with Gasteiger partial charge < -0.3 is 5.32 Å². The lowest BCUT2D eigenvalue weighted by atomic mass is 9.77. The zero-order valence-corrected chi connectivity index (χ0v) is 12.4. The molecule has 19 heavy (non-hydrogen) atoms. The molecule has 1 saturated carbocycles. The van der Waals surface area contributed by atoms with E-state index < -0.39 is 0 Å². The molecule has 0 spiro atoms. The van der Waals surface area contributed by atoms with Crippen molar-refractivity contribution in [1.82, 2.24) is 15.8 Å². The van der Waals surface area contributed by atoms with Crippen LogP contribution in [-0.2, 0) is 0 Å². The predicted octanol–water partition coefficient (Wildman–Crippen LogP) is 2.68. The van der Waals surface area contributed by atoms with Crippen molar-refractivity contribution in [3.05, 3.63) is 0 Å². The Kier molecular flexibility index (Phi) is 5.14. The molecular formula is C16H31N3. The summed E-state index contributed by atoms with van der Waals surface area (Å²) in [6.07, 6.45) is 14.1. The van der Waals surface area contributed by atoms with Gasteiger partial charge in [0.05, 0.1) is 0 Å². The molecule has 3 heteroatoms. The maximum atomic E-state index is 3.90. The van der Waals surface area contributed by atoms with Gasteiger partial charge in [0.15, 0.2) is 0 Å². The first-order chi connectivity index (χ1) is 9.43. The highest BCUT2D eigenvalue weighted by atomic mass is 15.5. The smallest absolute Gasteiger partial charge is 0.0258 e. The van der Waals surface area contributed by atoms with E-state index in [0.29, 0.717) is 0 Å². The van der Waals surface area contributed by atoms with Crippen LogP contribution >= 0.6 is 0 Å². The minimum atomic E-state index is 0.738. The van der Waals surface area contributed by atoms with Gasteiger partial charge in [-0.25, -0.2) is 5.01 Å². The average Bonchev–Trinajstić information content (AvgIpc) is 2.50. The molecule has 2 aliphatic heterocycles. The average molecular weight is 265 g/mol. The van der Waals surface area contributed by atoms with Crippen LogP contribution in [0, 0.1) is 5.92 Å². The fourth-order valence-electron chi connectivity index (χ4n) is 4.30. The predicted molar refractivity (Wildman–Crippen MR) is 79.9 cm³/mol. The fourth-order valence-corrected chi connectivity index (χ4v) is 4.30. The van der Waals surface area contributed by atoms with Crippen LogP contribution in [0.15, 0.2) is 0 Å². The highest BCUT2D eigenvalue weighted by Gasteiger charge is 2.33. The van der Waals surface area contributed by atoms with Crippen LogP contribution in [-0.4, -0.2) is 36.7 Å². The number of hydrogen-bond acceptors (Lipinski definition) is 3. The lowest BCUT2D eigenvalue weighted by Gasteiger charge is -2.42. The Balaban J connectivity index is 1.56. The molecule has 1 aliphatic carbocycles. The molecule has 3 unspecified atom stereocenters.